The van der Waals surface area contributed by atoms with Crippen LogP contribution in [0.3, 0.4) is 0 Å². The van der Waals surface area contributed by atoms with E-state index in [-0.39, 0.29) is 23.6 Å². The fourth-order valence-corrected chi connectivity index (χ4v) is 5.41. The van der Waals surface area contributed by atoms with E-state index in [1.54, 1.807) is 24.3 Å². The number of carbonyl (C=O) groups is 3. The first-order valence-electron chi connectivity index (χ1n) is 14.0. The number of benzene rings is 2. The lowest BCUT2D eigenvalue weighted by Crippen LogP contribution is -2.36. The Labute approximate surface area is 229 Å². The van der Waals surface area contributed by atoms with Crippen molar-refractivity contribution in [2.24, 2.45) is 5.92 Å². The highest BCUT2D eigenvalue weighted by atomic mass is 16.2. The van der Waals surface area contributed by atoms with Crippen molar-refractivity contribution in [1.82, 2.24) is 15.1 Å². The Balaban J connectivity index is 1.34. The Kier molecular flexibility index (Phi) is 8.42. The molecule has 2 aromatic rings. The van der Waals surface area contributed by atoms with Crippen molar-refractivity contribution in [2.45, 2.75) is 32.1 Å². The van der Waals surface area contributed by atoms with Gasteiger partial charge in [-0.15, -0.1) is 0 Å². The maximum absolute atomic E-state index is 13.3. The van der Waals surface area contributed by atoms with E-state index in [4.69, 9.17) is 5.26 Å². The minimum absolute atomic E-state index is 0.0125. The Morgan fingerprint density at radius 1 is 0.795 bits per heavy atom. The van der Waals surface area contributed by atoms with Crippen molar-refractivity contribution in [1.29, 1.82) is 5.26 Å². The second kappa shape index (κ2) is 12.3. The van der Waals surface area contributed by atoms with Gasteiger partial charge in [-0.1, -0.05) is 6.42 Å². The monoisotopic (exact) mass is 528 g/mol. The van der Waals surface area contributed by atoms with Gasteiger partial charge in [0.05, 0.1) is 23.0 Å². The number of carbonyl (C=O) groups excluding carboxylic acids is 3. The summed E-state index contributed by atoms with van der Waals surface area (Å²) in [7, 11) is 0. The van der Waals surface area contributed by atoms with Gasteiger partial charge in [0, 0.05) is 62.9 Å². The van der Waals surface area contributed by atoms with Crippen molar-refractivity contribution in [3.8, 4) is 6.07 Å². The largest absolute Gasteiger partial charge is 0.368 e. The molecule has 2 N–H and O–H groups in total. The van der Waals surface area contributed by atoms with Gasteiger partial charge < -0.3 is 25.3 Å². The van der Waals surface area contributed by atoms with Crippen LogP contribution in [0.1, 0.15) is 58.4 Å². The van der Waals surface area contributed by atoms with E-state index in [1.165, 1.54) is 0 Å². The second-order valence-electron chi connectivity index (χ2n) is 10.6. The quantitative estimate of drug-likeness (QED) is 0.618. The summed E-state index contributed by atoms with van der Waals surface area (Å²) in [5.74, 6) is -0.0238. The Morgan fingerprint density at radius 3 is 2.26 bits per heavy atom. The summed E-state index contributed by atoms with van der Waals surface area (Å²) in [5.41, 5.74) is 3.22. The summed E-state index contributed by atoms with van der Waals surface area (Å²) in [6.45, 7) is 5.57. The zero-order chi connectivity index (χ0) is 27.2. The first-order valence-corrected chi connectivity index (χ1v) is 14.0. The van der Waals surface area contributed by atoms with E-state index in [9.17, 15) is 14.4 Å². The first-order chi connectivity index (χ1) is 19.0. The summed E-state index contributed by atoms with van der Waals surface area (Å²) in [5, 5.41) is 15.5. The van der Waals surface area contributed by atoms with Crippen LogP contribution in [-0.4, -0.2) is 79.9 Å². The molecule has 0 spiro atoms. The average Bonchev–Trinajstić information content (AvgIpc) is 3.35. The summed E-state index contributed by atoms with van der Waals surface area (Å²) >= 11 is 0. The number of nitriles is 1. The molecule has 1 saturated carbocycles. The van der Waals surface area contributed by atoms with Gasteiger partial charge in [0.1, 0.15) is 0 Å². The third-order valence-corrected chi connectivity index (χ3v) is 7.99. The van der Waals surface area contributed by atoms with Gasteiger partial charge in [-0.25, -0.2) is 0 Å². The number of anilines is 2. The minimum Gasteiger partial charge on any atom is -0.368 e. The standard InChI is InChI=1S/C30H36N6O3/c31-21-22-6-8-24(9-7-22)29(38)36-16-3-15-34(18-19-36)27-11-10-25(30(39)35-14-2-12-32-13-17-35)20-26(27)33-28(37)23-4-1-5-23/h6-11,20,23,32H,1-5,12-19H2,(H,33,37). The first kappa shape index (κ1) is 26.7. The number of rotatable bonds is 5. The van der Waals surface area contributed by atoms with Crippen LogP contribution in [0.25, 0.3) is 0 Å². The summed E-state index contributed by atoms with van der Waals surface area (Å²) < 4.78 is 0. The molecule has 0 radical (unpaired) electrons. The fourth-order valence-electron chi connectivity index (χ4n) is 5.41. The van der Waals surface area contributed by atoms with Crippen LogP contribution >= 0.6 is 0 Å². The molecule has 9 nitrogen and oxygen atoms in total. The molecule has 204 valence electrons. The third kappa shape index (κ3) is 6.23. The molecule has 1 aliphatic carbocycles. The highest BCUT2D eigenvalue weighted by molar-refractivity contribution is 6.01. The highest BCUT2D eigenvalue weighted by Gasteiger charge is 2.28. The molecule has 0 bridgehead atoms. The van der Waals surface area contributed by atoms with Crippen LogP contribution < -0.4 is 15.5 Å². The molecule has 2 heterocycles. The molecule has 3 amide bonds. The van der Waals surface area contributed by atoms with Crippen molar-refractivity contribution in [3.63, 3.8) is 0 Å². The molecule has 39 heavy (non-hydrogen) atoms. The Morgan fingerprint density at radius 2 is 1.51 bits per heavy atom. The number of nitrogens with zero attached hydrogens (tertiary/aromatic N) is 4. The zero-order valence-corrected chi connectivity index (χ0v) is 22.3. The molecule has 0 unspecified atom stereocenters. The third-order valence-electron chi connectivity index (χ3n) is 7.99. The molecule has 9 heteroatoms. The number of amides is 3. The van der Waals surface area contributed by atoms with E-state index in [0.717, 1.165) is 57.4 Å². The lowest BCUT2D eigenvalue weighted by Gasteiger charge is -2.29. The van der Waals surface area contributed by atoms with Crippen LogP contribution in [0.2, 0.25) is 0 Å². The SMILES string of the molecule is N#Cc1ccc(C(=O)N2CCCN(c3ccc(C(=O)N4CCCNCC4)cc3NC(=O)C3CCC3)CC2)cc1. The van der Waals surface area contributed by atoms with Gasteiger partial charge in [-0.05, 0) is 74.7 Å². The fraction of sp³-hybridized carbons (Fsp3) is 0.467. The normalized spacial score (nSPS) is 18.4. The molecular formula is C30H36N6O3. The van der Waals surface area contributed by atoms with Gasteiger partial charge >= 0.3 is 0 Å². The molecule has 0 aromatic heterocycles. The predicted molar refractivity (Wildman–Crippen MR) is 150 cm³/mol. The van der Waals surface area contributed by atoms with Gasteiger partial charge in [0.15, 0.2) is 0 Å². The molecular weight excluding hydrogens is 492 g/mol. The average molecular weight is 529 g/mol. The van der Waals surface area contributed by atoms with Crippen molar-refractivity contribution >= 4 is 29.1 Å². The van der Waals surface area contributed by atoms with Gasteiger partial charge in [0.25, 0.3) is 11.8 Å². The second-order valence-corrected chi connectivity index (χ2v) is 10.6. The molecule has 2 saturated heterocycles. The number of hydrogen-bond donors (Lipinski definition) is 2. The summed E-state index contributed by atoms with van der Waals surface area (Å²) in [6.07, 6.45) is 4.56. The lowest BCUT2D eigenvalue weighted by atomic mass is 9.85. The maximum atomic E-state index is 13.3. The van der Waals surface area contributed by atoms with Crippen molar-refractivity contribution in [3.05, 3.63) is 59.2 Å². The van der Waals surface area contributed by atoms with Crippen LogP contribution in [0.4, 0.5) is 11.4 Å². The van der Waals surface area contributed by atoms with Crippen LogP contribution in [-0.2, 0) is 4.79 Å². The molecule has 0 atom stereocenters. The minimum atomic E-state index is -0.0484. The van der Waals surface area contributed by atoms with Crippen LogP contribution in [0.15, 0.2) is 42.5 Å². The summed E-state index contributed by atoms with van der Waals surface area (Å²) in [4.78, 5) is 45.4. The van der Waals surface area contributed by atoms with Crippen LogP contribution in [0.5, 0.6) is 0 Å². The van der Waals surface area contributed by atoms with E-state index in [1.807, 2.05) is 28.0 Å². The Bertz CT molecular complexity index is 1240. The van der Waals surface area contributed by atoms with E-state index >= 15 is 0 Å². The predicted octanol–water partition coefficient (Wildman–Crippen LogP) is 3.08. The van der Waals surface area contributed by atoms with E-state index in [0.29, 0.717) is 55.1 Å². The maximum Gasteiger partial charge on any atom is 0.253 e. The van der Waals surface area contributed by atoms with Gasteiger partial charge in [-0.3, -0.25) is 14.4 Å². The lowest BCUT2D eigenvalue weighted by molar-refractivity contribution is -0.122. The van der Waals surface area contributed by atoms with Crippen LogP contribution in [0, 0.1) is 17.2 Å². The smallest absolute Gasteiger partial charge is 0.253 e. The highest BCUT2D eigenvalue weighted by Crippen LogP contribution is 2.32. The summed E-state index contributed by atoms with van der Waals surface area (Å²) in [6, 6.07) is 14.5. The zero-order valence-electron chi connectivity index (χ0n) is 22.3. The van der Waals surface area contributed by atoms with Gasteiger partial charge in [0.2, 0.25) is 5.91 Å². The molecule has 3 fully saturated rings. The number of hydrogen-bond acceptors (Lipinski definition) is 6. The molecule has 2 aromatic carbocycles. The molecule has 5 rings (SSSR count). The topological polar surface area (TPSA) is 109 Å². The van der Waals surface area contributed by atoms with Crippen molar-refractivity contribution in [2.75, 3.05) is 62.6 Å². The molecule has 3 aliphatic rings. The number of nitrogens with one attached hydrogen (secondary N) is 2. The van der Waals surface area contributed by atoms with E-state index < -0.39 is 0 Å². The molecule has 2 aliphatic heterocycles. The Hall–Kier alpha value is -3.90. The van der Waals surface area contributed by atoms with Crippen molar-refractivity contribution < 1.29 is 14.4 Å². The van der Waals surface area contributed by atoms with E-state index in [2.05, 4.69) is 21.6 Å². The van der Waals surface area contributed by atoms with Gasteiger partial charge in [-0.2, -0.15) is 5.26 Å².